The van der Waals surface area contributed by atoms with Crippen LogP contribution in [0.15, 0.2) is 48.0 Å². The zero-order valence-electron chi connectivity index (χ0n) is 15.8. The number of rotatable bonds is 5. The molecule has 1 aliphatic rings. The summed E-state index contributed by atoms with van der Waals surface area (Å²) in [5.41, 5.74) is 2.48. The topological polar surface area (TPSA) is 113 Å². The molecule has 0 unspecified atom stereocenters. The SMILES string of the molecule is Cc1ccc(N2C(=O)NC(=O)/C(=C/c3cccc(OCC(=O)O)c3)C2=O)cc1C. The number of hydrogen-bond donors (Lipinski definition) is 2. The molecule has 2 aromatic carbocycles. The minimum atomic E-state index is -1.13. The zero-order chi connectivity index (χ0) is 21.1. The van der Waals surface area contributed by atoms with Gasteiger partial charge in [0.2, 0.25) is 0 Å². The van der Waals surface area contributed by atoms with Crippen molar-refractivity contribution in [1.29, 1.82) is 0 Å². The number of barbiturate groups is 1. The Bertz CT molecular complexity index is 1060. The van der Waals surface area contributed by atoms with Crippen molar-refractivity contribution in [2.24, 2.45) is 0 Å². The lowest BCUT2D eigenvalue weighted by molar-refractivity contribution is -0.139. The molecule has 4 amide bonds. The van der Waals surface area contributed by atoms with Crippen LogP contribution in [0.3, 0.4) is 0 Å². The fourth-order valence-electron chi connectivity index (χ4n) is 2.76. The first-order valence-electron chi connectivity index (χ1n) is 8.69. The molecule has 1 fully saturated rings. The van der Waals surface area contributed by atoms with Crippen LogP contribution >= 0.6 is 0 Å². The van der Waals surface area contributed by atoms with E-state index in [2.05, 4.69) is 5.32 Å². The number of ether oxygens (including phenoxy) is 1. The Morgan fingerprint density at radius 1 is 1.10 bits per heavy atom. The van der Waals surface area contributed by atoms with Gasteiger partial charge in [-0.1, -0.05) is 18.2 Å². The van der Waals surface area contributed by atoms with E-state index in [4.69, 9.17) is 9.84 Å². The summed E-state index contributed by atoms with van der Waals surface area (Å²) in [5.74, 6) is -2.42. The van der Waals surface area contributed by atoms with Gasteiger partial charge in [0.1, 0.15) is 11.3 Å². The highest BCUT2D eigenvalue weighted by atomic mass is 16.5. The van der Waals surface area contributed by atoms with Gasteiger partial charge in [0.25, 0.3) is 11.8 Å². The number of hydrogen-bond acceptors (Lipinski definition) is 5. The minimum Gasteiger partial charge on any atom is -0.482 e. The number of anilines is 1. The van der Waals surface area contributed by atoms with Gasteiger partial charge in [-0.05, 0) is 60.9 Å². The van der Waals surface area contributed by atoms with Crippen molar-refractivity contribution in [2.45, 2.75) is 13.8 Å². The van der Waals surface area contributed by atoms with Gasteiger partial charge < -0.3 is 9.84 Å². The van der Waals surface area contributed by atoms with E-state index in [1.54, 1.807) is 36.4 Å². The Hall–Kier alpha value is -3.94. The van der Waals surface area contributed by atoms with Crippen LogP contribution in [-0.2, 0) is 14.4 Å². The van der Waals surface area contributed by atoms with E-state index in [1.165, 1.54) is 12.1 Å². The average Bonchev–Trinajstić information content (AvgIpc) is 2.66. The Morgan fingerprint density at radius 3 is 2.55 bits per heavy atom. The lowest BCUT2D eigenvalue weighted by atomic mass is 10.0. The zero-order valence-corrected chi connectivity index (χ0v) is 15.8. The standard InChI is InChI=1S/C21H18N2O6/c1-12-6-7-15(8-13(12)2)23-20(27)17(19(26)22-21(23)28)10-14-4-3-5-16(9-14)29-11-18(24)25/h3-10H,11H2,1-2H3,(H,24,25)(H,22,26,28)/b17-10-. The van der Waals surface area contributed by atoms with Crippen LogP contribution in [0.5, 0.6) is 5.75 Å². The number of benzene rings is 2. The molecule has 0 radical (unpaired) electrons. The third-order valence-electron chi connectivity index (χ3n) is 4.38. The van der Waals surface area contributed by atoms with Crippen molar-refractivity contribution in [3.63, 3.8) is 0 Å². The smallest absolute Gasteiger partial charge is 0.341 e. The number of amides is 4. The second kappa shape index (κ2) is 7.97. The lowest BCUT2D eigenvalue weighted by Gasteiger charge is -2.26. The minimum absolute atomic E-state index is 0.224. The molecule has 3 rings (SSSR count). The van der Waals surface area contributed by atoms with Crippen LogP contribution in [0.4, 0.5) is 10.5 Å². The molecule has 8 heteroatoms. The second-order valence-corrected chi connectivity index (χ2v) is 6.48. The lowest BCUT2D eigenvalue weighted by Crippen LogP contribution is -2.54. The van der Waals surface area contributed by atoms with Gasteiger partial charge >= 0.3 is 12.0 Å². The Balaban J connectivity index is 1.94. The number of nitrogens with zero attached hydrogens (tertiary/aromatic N) is 1. The van der Waals surface area contributed by atoms with E-state index in [0.29, 0.717) is 11.3 Å². The molecule has 0 atom stereocenters. The van der Waals surface area contributed by atoms with E-state index in [-0.39, 0.29) is 11.3 Å². The second-order valence-electron chi connectivity index (χ2n) is 6.48. The van der Waals surface area contributed by atoms with Gasteiger partial charge in [-0.15, -0.1) is 0 Å². The number of carbonyl (C=O) groups is 4. The highest BCUT2D eigenvalue weighted by molar-refractivity contribution is 6.39. The maximum Gasteiger partial charge on any atom is 0.341 e. The summed E-state index contributed by atoms with van der Waals surface area (Å²) < 4.78 is 5.10. The summed E-state index contributed by atoms with van der Waals surface area (Å²) in [5, 5.41) is 10.9. The summed E-state index contributed by atoms with van der Waals surface area (Å²) in [6.45, 7) is 3.25. The molecule has 0 aromatic heterocycles. The molecule has 1 aliphatic heterocycles. The van der Waals surface area contributed by atoms with Crippen molar-refractivity contribution >= 4 is 35.6 Å². The van der Waals surface area contributed by atoms with Gasteiger partial charge in [0.15, 0.2) is 6.61 Å². The Morgan fingerprint density at radius 2 is 1.86 bits per heavy atom. The number of imide groups is 2. The summed E-state index contributed by atoms with van der Waals surface area (Å²) in [4.78, 5) is 49.0. The highest BCUT2D eigenvalue weighted by Gasteiger charge is 2.36. The van der Waals surface area contributed by atoms with Crippen LogP contribution < -0.4 is 15.0 Å². The van der Waals surface area contributed by atoms with E-state index < -0.39 is 30.4 Å². The van der Waals surface area contributed by atoms with Crippen LogP contribution in [0.25, 0.3) is 6.08 Å². The fraction of sp³-hybridized carbons (Fsp3) is 0.143. The maximum atomic E-state index is 12.9. The number of carboxylic acid groups (broad SMARTS) is 1. The van der Waals surface area contributed by atoms with Crippen LogP contribution in [-0.4, -0.2) is 35.5 Å². The molecule has 148 valence electrons. The molecule has 0 aliphatic carbocycles. The van der Waals surface area contributed by atoms with E-state index in [1.807, 2.05) is 13.8 Å². The average molecular weight is 394 g/mol. The molecule has 0 saturated carbocycles. The molecular formula is C21H18N2O6. The van der Waals surface area contributed by atoms with Crippen molar-refractivity contribution in [1.82, 2.24) is 5.32 Å². The third kappa shape index (κ3) is 4.32. The van der Waals surface area contributed by atoms with Crippen molar-refractivity contribution in [3.05, 3.63) is 64.7 Å². The number of aliphatic carboxylic acids is 1. The molecule has 8 nitrogen and oxygen atoms in total. The number of aryl methyl sites for hydroxylation is 2. The predicted molar refractivity (Wildman–Crippen MR) is 104 cm³/mol. The summed E-state index contributed by atoms with van der Waals surface area (Å²) in [6, 6.07) is 10.6. The van der Waals surface area contributed by atoms with Gasteiger partial charge in [0, 0.05) is 0 Å². The van der Waals surface area contributed by atoms with Crippen molar-refractivity contribution < 1.29 is 29.0 Å². The first-order valence-corrected chi connectivity index (χ1v) is 8.69. The van der Waals surface area contributed by atoms with Crippen molar-refractivity contribution in [2.75, 3.05) is 11.5 Å². The predicted octanol–water partition coefficient (Wildman–Crippen LogP) is 2.43. The molecule has 29 heavy (non-hydrogen) atoms. The largest absolute Gasteiger partial charge is 0.482 e. The van der Waals surface area contributed by atoms with E-state index >= 15 is 0 Å². The first kappa shape index (κ1) is 19.8. The van der Waals surface area contributed by atoms with E-state index in [9.17, 15) is 19.2 Å². The third-order valence-corrected chi connectivity index (χ3v) is 4.38. The number of urea groups is 1. The summed E-state index contributed by atoms with van der Waals surface area (Å²) >= 11 is 0. The molecule has 0 spiro atoms. The van der Waals surface area contributed by atoms with Crippen LogP contribution in [0.2, 0.25) is 0 Å². The first-order chi connectivity index (χ1) is 13.8. The molecule has 2 aromatic rings. The van der Waals surface area contributed by atoms with E-state index in [0.717, 1.165) is 16.0 Å². The fourth-order valence-corrected chi connectivity index (χ4v) is 2.76. The summed E-state index contributed by atoms with van der Waals surface area (Å²) in [6.07, 6.45) is 1.33. The molecule has 1 saturated heterocycles. The van der Waals surface area contributed by atoms with Gasteiger partial charge in [-0.25, -0.2) is 14.5 Å². The quantitative estimate of drug-likeness (QED) is 0.595. The van der Waals surface area contributed by atoms with Gasteiger partial charge in [0.05, 0.1) is 5.69 Å². The number of carboxylic acids is 1. The highest BCUT2D eigenvalue weighted by Crippen LogP contribution is 2.24. The molecule has 0 bridgehead atoms. The van der Waals surface area contributed by atoms with Crippen molar-refractivity contribution in [3.8, 4) is 5.75 Å². The van der Waals surface area contributed by atoms with Crippen LogP contribution in [0.1, 0.15) is 16.7 Å². The number of nitrogens with one attached hydrogen (secondary N) is 1. The molecule has 1 heterocycles. The molecule has 2 N–H and O–H groups in total. The number of carbonyl (C=O) groups excluding carboxylic acids is 3. The van der Waals surface area contributed by atoms with Crippen LogP contribution in [0, 0.1) is 13.8 Å². The maximum absolute atomic E-state index is 12.9. The van der Waals surface area contributed by atoms with Gasteiger partial charge in [-0.2, -0.15) is 0 Å². The van der Waals surface area contributed by atoms with Gasteiger partial charge in [-0.3, -0.25) is 14.9 Å². The summed E-state index contributed by atoms with van der Waals surface area (Å²) in [7, 11) is 0. The Labute approximate surface area is 166 Å². The monoisotopic (exact) mass is 394 g/mol. The normalized spacial score (nSPS) is 15.4. The molecular weight excluding hydrogens is 376 g/mol. The Kier molecular flexibility index (Phi) is 5.45.